The van der Waals surface area contributed by atoms with E-state index in [1.54, 1.807) is 19.1 Å². The molecule has 1 rings (SSSR count). The summed E-state index contributed by atoms with van der Waals surface area (Å²) >= 11 is 0. The molecule has 0 spiro atoms. The highest BCUT2D eigenvalue weighted by Gasteiger charge is 2.07. The smallest absolute Gasteiger partial charge is 0.150 e. The number of hydrogen-bond acceptors (Lipinski definition) is 3. The zero-order chi connectivity index (χ0) is 11.8. The van der Waals surface area contributed by atoms with Crippen LogP contribution in [-0.2, 0) is 6.54 Å². The van der Waals surface area contributed by atoms with Gasteiger partial charge in [-0.25, -0.2) is 0 Å². The quantitative estimate of drug-likeness (QED) is 0.751. The summed E-state index contributed by atoms with van der Waals surface area (Å²) in [6.07, 6.45) is 0.779. The van der Waals surface area contributed by atoms with E-state index in [1.807, 2.05) is 20.9 Å². The van der Waals surface area contributed by atoms with Crippen LogP contribution in [0.3, 0.4) is 0 Å². The lowest BCUT2D eigenvalue weighted by Crippen LogP contribution is -2.08. The van der Waals surface area contributed by atoms with Gasteiger partial charge >= 0.3 is 0 Å². The molecule has 0 heterocycles. The van der Waals surface area contributed by atoms with Crippen molar-refractivity contribution in [1.82, 2.24) is 5.32 Å². The molecule has 3 heteroatoms. The lowest BCUT2D eigenvalue weighted by Gasteiger charge is -2.08. The molecule has 0 radical (unpaired) electrons. The minimum absolute atomic E-state index is 0.168. The Kier molecular flexibility index (Phi) is 6.38. The molecule has 0 fully saturated rings. The van der Waals surface area contributed by atoms with Crippen molar-refractivity contribution in [3.8, 4) is 5.75 Å². The van der Waals surface area contributed by atoms with Gasteiger partial charge in [0.2, 0.25) is 0 Å². The highest BCUT2D eigenvalue weighted by atomic mass is 16.3. The number of benzene rings is 1. The molecule has 1 aromatic rings. The van der Waals surface area contributed by atoms with E-state index in [0.29, 0.717) is 17.7 Å². The van der Waals surface area contributed by atoms with Crippen molar-refractivity contribution in [1.29, 1.82) is 0 Å². The third kappa shape index (κ3) is 3.36. The summed E-state index contributed by atoms with van der Waals surface area (Å²) in [5.74, 6) is 0.168. The molecule has 0 unspecified atom stereocenters. The van der Waals surface area contributed by atoms with Crippen LogP contribution in [0.25, 0.3) is 0 Å². The molecule has 3 nitrogen and oxygen atoms in total. The number of phenols is 1. The first-order valence-electron chi connectivity index (χ1n) is 5.12. The van der Waals surface area contributed by atoms with Gasteiger partial charge in [-0.15, -0.1) is 0 Å². The summed E-state index contributed by atoms with van der Waals surface area (Å²) in [4.78, 5) is 10.7. The van der Waals surface area contributed by atoms with Crippen molar-refractivity contribution in [2.24, 2.45) is 0 Å². The first-order valence-corrected chi connectivity index (χ1v) is 5.12. The molecule has 15 heavy (non-hydrogen) atoms. The Labute approximate surface area is 91.1 Å². The number of nitrogens with one attached hydrogen (secondary N) is 1. The number of aldehydes is 1. The molecule has 0 amide bonds. The highest BCUT2D eigenvalue weighted by Crippen LogP contribution is 2.21. The van der Waals surface area contributed by atoms with E-state index >= 15 is 0 Å². The second-order valence-corrected chi connectivity index (χ2v) is 2.93. The van der Waals surface area contributed by atoms with Crippen LogP contribution in [-0.4, -0.2) is 18.4 Å². The average molecular weight is 209 g/mol. The Morgan fingerprint density at radius 1 is 1.40 bits per heavy atom. The number of rotatable bonds is 3. The standard InChI is InChI=1S/C10H13NO2.C2H6/c1-7-9(6-12)8(5-11-2)3-4-10(7)13;1-2/h3-4,6,11,13H,5H2,1-2H3;1-2H3. The van der Waals surface area contributed by atoms with Crippen molar-refractivity contribution < 1.29 is 9.90 Å². The number of phenolic OH excluding ortho intramolecular Hbond substituents is 1. The second kappa shape index (κ2) is 7.01. The Morgan fingerprint density at radius 2 is 2.00 bits per heavy atom. The number of hydrogen-bond donors (Lipinski definition) is 2. The van der Waals surface area contributed by atoms with Crippen LogP contribution < -0.4 is 5.32 Å². The SMILES string of the molecule is CC.CNCc1ccc(O)c(C)c1C=O. The van der Waals surface area contributed by atoms with Gasteiger partial charge in [0.25, 0.3) is 0 Å². The van der Waals surface area contributed by atoms with Crippen molar-refractivity contribution in [3.63, 3.8) is 0 Å². The van der Waals surface area contributed by atoms with Crippen molar-refractivity contribution in [3.05, 3.63) is 28.8 Å². The van der Waals surface area contributed by atoms with Crippen LogP contribution >= 0.6 is 0 Å². The van der Waals surface area contributed by atoms with Crippen LogP contribution in [0, 0.1) is 6.92 Å². The van der Waals surface area contributed by atoms with Crippen LogP contribution in [0.4, 0.5) is 0 Å². The van der Waals surface area contributed by atoms with Crippen LogP contribution in [0.15, 0.2) is 12.1 Å². The number of carbonyl (C=O) groups excluding carboxylic acids is 1. The first kappa shape index (κ1) is 13.7. The van der Waals surface area contributed by atoms with Gasteiger partial charge in [0, 0.05) is 17.7 Å². The third-order valence-electron chi connectivity index (χ3n) is 2.06. The Morgan fingerprint density at radius 3 is 2.47 bits per heavy atom. The Balaban J connectivity index is 0.000000921. The van der Waals surface area contributed by atoms with Crippen LogP contribution in [0.2, 0.25) is 0 Å². The van der Waals surface area contributed by atoms with Crippen molar-refractivity contribution >= 4 is 6.29 Å². The van der Waals surface area contributed by atoms with E-state index in [4.69, 9.17) is 0 Å². The minimum atomic E-state index is 0.168. The fourth-order valence-electron chi connectivity index (χ4n) is 1.28. The fourth-order valence-corrected chi connectivity index (χ4v) is 1.28. The van der Waals surface area contributed by atoms with E-state index in [1.165, 1.54) is 0 Å². The topological polar surface area (TPSA) is 49.3 Å². The van der Waals surface area contributed by atoms with Gasteiger partial charge in [-0.1, -0.05) is 19.9 Å². The Bertz CT molecular complexity index is 322. The molecule has 0 aliphatic heterocycles. The molecule has 0 aliphatic rings. The monoisotopic (exact) mass is 209 g/mol. The van der Waals surface area contributed by atoms with E-state index in [-0.39, 0.29) is 5.75 Å². The van der Waals surface area contributed by atoms with Gasteiger partial charge in [0.15, 0.2) is 6.29 Å². The van der Waals surface area contributed by atoms with E-state index in [0.717, 1.165) is 11.8 Å². The number of aromatic hydroxyl groups is 1. The van der Waals surface area contributed by atoms with Crippen LogP contribution in [0.5, 0.6) is 5.75 Å². The zero-order valence-corrected chi connectivity index (χ0v) is 9.79. The molecular weight excluding hydrogens is 190 g/mol. The maximum Gasteiger partial charge on any atom is 0.150 e. The molecule has 0 aliphatic carbocycles. The lowest BCUT2D eigenvalue weighted by molar-refractivity contribution is 0.112. The maximum atomic E-state index is 10.7. The molecule has 0 aromatic heterocycles. The molecule has 0 saturated heterocycles. The minimum Gasteiger partial charge on any atom is -0.508 e. The second-order valence-electron chi connectivity index (χ2n) is 2.93. The summed E-state index contributed by atoms with van der Waals surface area (Å²) in [5.41, 5.74) is 2.13. The molecule has 1 aromatic carbocycles. The van der Waals surface area contributed by atoms with Gasteiger partial charge in [-0.3, -0.25) is 4.79 Å². The fraction of sp³-hybridized carbons (Fsp3) is 0.417. The number of carbonyl (C=O) groups is 1. The van der Waals surface area contributed by atoms with E-state index in [2.05, 4.69) is 5.32 Å². The van der Waals surface area contributed by atoms with Crippen LogP contribution in [0.1, 0.15) is 35.3 Å². The van der Waals surface area contributed by atoms with Crippen molar-refractivity contribution in [2.45, 2.75) is 27.3 Å². The lowest BCUT2D eigenvalue weighted by atomic mass is 10.0. The normalized spacial score (nSPS) is 9.07. The van der Waals surface area contributed by atoms with Gasteiger partial charge in [-0.2, -0.15) is 0 Å². The Hall–Kier alpha value is -1.35. The molecule has 84 valence electrons. The highest BCUT2D eigenvalue weighted by molar-refractivity contribution is 5.80. The predicted octanol–water partition coefficient (Wildman–Crippen LogP) is 2.26. The summed E-state index contributed by atoms with van der Waals surface area (Å²) in [5, 5.41) is 12.3. The predicted molar refractivity (Wildman–Crippen MR) is 62.3 cm³/mol. The third-order valence-corrected chi connectivity index (χ3v) is 2.06. The molecule has 2 N–H and O–H groups in total. The zero-order valence-electron chi connectivity index (χ0n) is 9.79. The van der Waals surface area contributed by atoms with Crippen molar-refractivity contribution in [2.75, 3.05) is 7.05 Å². The first-order chi connectivity index (χ1) is 7.20. The van der Waals surface area contributed by atoms with Gasteiger partial charge in [-0.05, 0) is 25.6 Å². The van der Waals surface area contributed by atoms with E-state index < -0.39 is 0 Å². The molecule has 0 saturated carbocycles. The molecule has 0 atom stereocenters. The summed E-state index contributed by atoms with van der Waals surface area (Å²) in [6.45, 7) is 6.37. The van der Waals surface area contributed by atoms with E-state index in [9.17, 15) is 9.90 Å². The average Bonchev–Trinajstić information content (AvgIpc) is 2.27. The van der Waals surface area contributed by atoms with Gasteiger partial charge < -0.3 is 10.4 Å². The summed E-state index contributed by atoms with van der Waals surface area (Å²) in [6, 6.07) is 3.36. The molecular formula is C12H19NO2. The largest absolute Gasteiger partial charge is 0.508 e. The summed E-state index contributed by atoms with van der Waals surface area (Å²) in [7, 11) is 1.82. The summed E-state index contributed by atoms with van der Waals surface area (Å²) < 4.78 is 0. The van der Waals surface area contributed by atoms with Gasteiger partial charge in [0.1, 0.15) is 5.75 Å². The van der Waals surface area contributed by atoms with Gasteiger partial charge in [0.05, 0.1) is 0 Å². The molecule has 0 bridgehead atoms. The maximum absolute atomic E-state index is 10.7.